The van der Waals surface area contributed by atoms with E-state index < -0.39 is 0 Å². The minimum Gasteiger partial charge on any atom is -0.314 e. The molecule has 0 spiro atoms. The van der Waals surface area contributed by atoms with Crippen molar-refractivity contribution >= 4 is 0 Å². The first-order valence-corrected chi connectivity index (χ1v) is 6.47. The molecule has 16 heavy (non-hydrogen) atoms. The summed E-state index contributed by atoms with van der Waals surface area (Å²) in [5.41, 5.74) is 2.97. The quantitative estimate of drug-likeness (QED) is 0.818. The predicted octanol–water partition coefficient (Wildman–Crippen LogP) is 3.35. The molecule has 0 radical (unpaired) electrons. The Morgan fingerprint density at radius 1 is 1.25 bits per heavy atom. The fourth-order valence-corrected chi connectivity index (χ4v) is 2.59. The van der Waals surface area contributed by atoms with Gasteiger partial charge >= 0.3 is 0 Å². The fourth-order valence-electron chi connectivity index (χ4n) is 2.59. The van der Waals surface area contributed by atoms with Gasteiger partial charge in [-0.05, 0) is 42.7 Å². The normalized spacial score (nSPS) is 25.2. The molecule has 2 atom stereocenters. The maximum Gasteiger partial charge on any atom is 0.00452 e. The third kappa shape index (κ3) is 2.85. The molecular weight excluding hydrogens is 194 g/mol. The second-order valence-corrected chi connectivity index (χ2v) is 5.58. The first kappa shape index (κ1) is 11.7. The first-order chi connectivity index (χ1) is 7.65. The summed E-state index contributed by atoms with van der Waals surface area (Å²) in [6.45, 7) is 7.96. The van der Waals surface area contributed by atoms with Crippen molar-refractivity contribution in [1.82, 2.24) is 5.32 Å². The van der Waals surface area contributed by atoms with Crippen molar-refractivity contribution in [2.24, 2.45) is 5.92 Å². The van der Waals surface area contributed by atoms with E-state index in [0.29, 0.717) is 6.04 Å². The molecule has 88 valence electrons. The van der Waals surface area contributed by atoms with E-state index in [2.05, 4.69) is 50.4 Å². The van der Waals surface area contributed by atoms with Gasteiger partial charge in [-0.25, -0.2) is 0 Å². The third-order valence-electron chi connectivity index (χ3n) is 3.45. The molecule has 1 aromatic rings. The van der Waals surface area contributed by atoms with Gasteiger partial charge in [0.15, 0.2) is 0 Å². The molecule has 0 aliphatic carbocycles. The van der Waals surface area contributed by atoms with E-state index in [9.17, 15) is 0 Å². The highest BCUT2D eigenvalue weighted by molar-refractivity contribution is 5.27. The molecule has 1 aliphatic rings. The van der Waals surface area contributed by atoms with E-state index in [1.165, 1.54) is 24.0 Å². The number of hydrogen-bond donors (Lipinski definition) is 1. The summed E-state index contributed by atoms with van der Waals surface area (Å²) in [5, 5.41) is 3.51. The zero-order valence-electron chi connectivity index (χ0n) is 10.7. The molecule has 1 aromatic carbocycles. The Bertz CT molecular complexity index is 326. The van der Waals surface area contributed by atoms with Crippen LogP contribution in [0.25, 0.3) is 0 Å². The van der Waals surface area contributed by atoms with Crippen molar-refractivity contribution in [2.75, 3.05) is 6.54 Å². The largest absolute Gasteiger partial charge is 0.314 e. The van der Waals surface area contributed by atoms with Gasteiger partial charge in [0.2, 0.25) is 0 Å². The highest BCUT2D eigenvalue weighted by Gasteiger charge is 2.21. The molecule has 1 saturated heterocycles. The molecule has 0 saturated carbocycles. The Morgan fingerprint density at radius 2 is 1.94 bits per heavy atom. The lowest BCUT2D eigenvalue weighted by atomic mass is 9.94. The molecule has 1 aliphatic heterocycles. The van der Waals surface area contributed by atoms with Gasteiger partial charge in [-0.3, -0.25) is 0 Å². The van der Waals surface area contributed by atoms with Gasteiger partial charge in [-0.2, -0.15) is 0 Å². The highest BCUT2D eigenvalue weighted by atomic mass is 14.9. The van der Waals surface area contributed by atoms with Crippen molar-refractivity contribution < 1.29 is 0 Å². The highest BCUT2D eigenvalue weighted by Crippen LogP contribution is 2.25. The SMILES string of the molecule is CC(C)Cc1ccc(C2CNC(C)C2)cc1. The Hall–Kier alpha value is -0.820. The van der Waals surface area contributed by atoms with E-state index in [0.717, 1.165) is 18.4 Å². The van der Waals surface area contributed by atoms with Crippen LogP contribution in [0.4, 0.5) is 0 Å². The number of nitrogens with one attached hydrogen (secondary N) is 1. The Balaban J connectivity index is 2.02. The molecule has 1 heteroatoms. The molecule has 1 nitrogen and oxygen atoms in total. The second-order valence-electron chi connectivity index (χ2n) is 5.58. The van der Waals surface area contributed by atoms with Crippen molar-refractivity contribution in [3.05, 3.63) is 35.4 Å². The van der Waals surface area contributed by atoms with Crippen LogP contribution in [0, 0.1) is 5.92 Å². The molecule has 1 heterocycles. The summed E-state index contributed by atoms with van der Waals surface area (Å²) in [7, 11) is 0. The summed E-state index contributed by atoms with van der Waals surface area (Å²) in [6, 6.07) is 9.93. The van der Waals surface area contributed by atoms with Crippen LogP contribution in [0.2, 0.25) is 0 Å². The van der Waals surface area contributed by atoms with Gasteiger partial charge in [-0.15, -0.1) is 0 Å². The smallest absolute Gasteiger partial charge is 0.00452 e. The molecule has 0 bridgehead atoms. The van der Waals surface area contributed by atoms with Crippen LogP contribution in [0.3, 0.4) is 0 Å². The monoisotopic (exact) mass is 217 g/mol. The lowest BCUT2D eigenvalue weighted by Gasteiger charge is -2.11. The lowest BCUT2D eigenvalue weighted by Crippen LogP contribution is -2.16. The summed E-state index contributed by atoms with van der Waals surface area (Å²) >= 11 is 0. The zero-order valence-corrected chi connectivity index (χ0v) is 10.7. The molecule has 1 fully saturated rings. The minimum atomic E-state index is 0.681. The van der Waals surface area contributed by atoms with Gasteiger partial charge in [0, 0.05) is 12.6 Å². The van der Waals surface area contributed by atoms with Gasteiger partial charge in [0.25, 0.3) is 0 Å². The third-order valence-corrected chi connectivity index (χ3v) is 3.45. The summed E-state index contributed by atoms with van der Waals surface area (Å²) in [4.78, 5) is 0. The predicted molar refractivity (Wildman–Crippen MR) is 69.8 cm³/mol. The molecule has 0 aromatic heterocycles. The molecule has 1 N–H and O–H groups in total. The zero-order chi connectivity index (χ0) is 11.5. The summed E-state index contributed by atoms with van der Waals surface area (Å²) in [5.74, 6) is 1.47. The standard InChI is InChI=1S/C15H23N/c1-11(2)8-13-4-6-14(7-5-13)15-9-12(3)16-10-15/h4-7,11-12,15-16H,8-10H2,1-3H3. The first-order valence-electron chi connectivity index (χ1n) is 6.47. The lowest BCUT2D eigenvalue weighted by molar-refractivity contribution is 0.646. The van der Waals surface area contributed by atoms with Gasteiger partial charge in [0.1, 0.15) is 0 Å². The van der Waals surface area contributed by atoms with E-state index in [1.54, 1.807) is 0 Å². The molecule has 2 unspecified atom stereocenters. The van der Waals surface area contributed by atoms with Gasteiger partial charge in [-0.1, -0.05) is 38.1 Å². The number of benzene rings is 1. The Morgan fingerprint density at radius 3 is 2.44 bits per heavy atom. The van der Waals surface area contributed by atoms with Crippen LogP contribution in [0.5, 0.6) is 0 Å². The van der Waals surface area contributed by atoms with Crippen molar-refractivity contribution in [1.29, 1.82) is 0 Å². The maximum atomic E-state index is 3.51. The van der Waals surface area contributed by atoms with Crippen LogP contribution in [-0.2, 0) is 6.42 Å². The average molecular weight is 217 g/mol. The van der Waals surface area contributed by atoms with Crippen molar-refractivity contribution in [3.8, 4) is 0 Å². The van der Waals surface area contributed by atoms with Crippen molar-refractivity contribution in [3.63, 3.8) is 0 Å². The maximum absolute atomic E-state index is 3.51. The summed E-state index contributed by atoms with van der Waals surface area (Å²) < 4.78 is 0. The number of rotatable bonds is 3. The fraction of sp³-hybridized carbons (Fsp3) is 0.600. The van der Waals surface area contributed by atoms with Crippen LogP contribution in [-0.4, -0.2) is 12.6 Å². The van der Waals surface area contributed by atoms with E-state index >= 15 is 0 Å². The van der Waals surface area contributed by atoms with Gasteiger partial charge < -0.3 is 5.32 Å². The average Bonchev–Trinajstić information content (AvgIpc) is 2.65. The Kier molecular flexibility index (Phi) is 3.65. The van der Waals surface area contributed by atoms with Crippen LogP contribution in [0.1, 0.15) is 44.2 Å². The minimum absolute atomic E-state index is 0.681. The van der Waals surface area contributed by atoms with Crippen LogP contribution in [0.15, 0.2) is 24.3 Å². The van der Waals surface area contributed by atoms with E-state index in [1.807, 2.05) is 0 Å². The van der Waals surface area contributed by atoms with E-state index in [4.69, 9.17) is 0 Å². The molecule has 2 rings (SSSR count). The Labute approximate surface area is 99.3 Å². The molecular formula is C15H23N. The second kappa shape index (κ2) is 5.01. The molecule has 0 amide bonds. The number of hydrogen-bond acceptors (Lipinski definition) is 1. The summed E-state index contributed by atoms with van der Waals surface area (Å²) in [6.07, 6.45) is 2.48. The topological polar surface area (TPSA) is 12.0 Å². The van der Waals surface area contributed by atoms with Crippen molar-refractivity contribution in [2.45, 2.75) is 45.6 Å². The van der Waals surface area contributed by atoms with E-state index in [-0.39, 0.29) is 0 Å². The van der Waals surface area contributed by atoms with Crippen LogP contribution >= 0.6 is 0 Å². The van der Waals surface area contributed by atoms with Gasteiger partial charge in [0.05, 0.1) is 0 Å². The van der Waals surface area contributed by atoms with Crippen LogP contribution < -0.4 is 5.32 Å².